The number of hydrogen-bond acceptors (Lipinski definition) is 4. The molecule has 2 N–H and O–H groups in total. The molecule has 1 heterocycles. The van der Waals surface area contributed by atoms with E-state index in [0.717, 1.165) is 18.5 Å². The summed E-state index contributed by atoms with van der Waals surface area (Å²) in [7, 11) is 0. The highest BCUT2D eigenvalue weighted by Crippen LogP contribution is 2.12. The van der Waals surface area contributed by atoms with E-state index in [-0.39, 0.29) is 5.91 Å². The van der Waals surface area contributed by atoms with Crippen molar-refractivity contribution in [2.24, 2.45) is 0 Å². The number of allylic oxidation sites excluding steroid dienone is 3. The van der Waals surface area contributed by atoms with Crippen molar-refractivity contribution in [1.29, 1.82) is 0 Å². The molecule has 1 aromatic heterocycles. The molecular weight excluding hydrogens is 414 g/mol. The van der Waals surface area contributed by atoms with Crippen LogP contribution in [0.15, 0.2) is 36.8 Å². The van der Waals surface area contributed by atoms with Crippen molar-refractivity contribution in [3.05, 3.63) is 42.5 Å². The van der Waals surface area contributed by atoms with E-state index in [0.29, 0.717) is 13.0 Å². The van der Waals surface area contributed by atoms with E-state index in [1.54, 1.807) is 18.6 Å². The summed E-state index contributed by atoms with van der Waals surface area (Å²) in [4.78, 5) is 31.4. The number of nitrogens with one attached hydrogen (secondary N) is 2. The zero-order chi connectivity index (χ0) is 24.0. The highest BCUT2D eigenvalue weighted by molar-refractivity contribution is 5.91. The minimum absolute atomic E-state index is 0.313. The number of hydrogen-bond donors (Lipinski definition) is 2. The molecule has 6 heteroatoms. The van der Waals surface area contributed by atoms with Gasteiger partial charge in [0.2, 0.25) is 5.91 Å². The lowest BCUT2D eigenvalue weighted by atomic mass is 10.1. The Morgan fingerprint density at radius 1 is 0.970 bits per heavy atom. The van der Waals surface area contributed by atoms with Crippen LogP contribution in [0.2, 0.25) is 0 Å². The van der Waals surface area contributed by atoms with E-state index >= 15 is 0 Å². The van der Waals surface area contributed by atoms with E-state index in [1.807, 2.05) is 13.0 Å². The van der Waals surface area contributed by atoms with Gasteiger partial charge < -0.3 is 15.0 Å². The predicted molar refractivity (Wildman–Crippen MR) is 135 cm³/mol. The minimum atomic E-state index is -0.741. The maximum absolute atomic E-state index is 12.3. The van der Waals surface area contributed by atoms with Gasteiger partial charge in [0.25, 0.3) is 0 Å². The molecule has 0 aromatic carbocycles. The van der Waals surface area contributed by atoms with E-state index < -0.39 is 12.0 Å². The molecule has 0 aliphatic carbocycles. The number of unbranched alkanes of at least 4 members (excludes halogenated alkanes) is 11. The highest BCUT2D eigenvalue weighted by atomic mass is 16.5. The SMILES string of the molecule is CCCCCCCCCCCCCC=CC=CC(=O)N[C@@H](Cc1cnc[nH]1)C(=O)OCCC. The third-order valence-electron chi connectivity index (χ3n) is 5.50. The van der Waals surface area contributed by atoms with Crippen molar-refractivity contribution in [3.8, 4) is 0 Å². The molecule has 0 aliphatic heterocycles. The fourth-order valence-electron chi connectivity index (χ4n) is 3.58. The molecule has 33 heavy (non-hydrogen) atoms. The van der Waals surface area contributed by atoms with Crippen LogP contribution in [0, 0.1) is 0 Å². The number of nitrogens with zero attached hydrogens (tertiary/aromatic N) is 1. The van der Waals surface area contributed by atoms with E-state index in [2.05, 4.69) is 28.3 Å². The van der Waals surface area contributed by atoms with Gasteiger partial charge in [-0.3, -0.25) is 4.79 Å². The third-order valence-corrected chi connectivity index (χ3v) is 5.50. The summed E-state index contributed by atoms with van der Waals surface area (Å²) in [5.74, 6) is -0.743. The number of carbonyl (C=O) groups is 2. The maximum Gasteiger partial charge on any atom is 0.329 e. The Labute approximate surface area is 200 Å². The highest BCUT2D eigenvalue weighted by Gasteiger charge is 2.22. The lowest BCUT2D eigenvalue weighted by Gasteiger charge is -2.15. The predicted octanol–water partition coefficient (Wildman–Crippen LogP) is 6.20. The minimum Gasteiger partial charge on any atom is -0.464 e. The Kier molecular flexibility index (Phi) is 17.6. The van der Waals surface area contributed by atoms with Gasteiger partial charge in [0.05, 0.1) is 12.9 Å². The third kappa shape index (κ3) is 16.0. The maximum atomic E-state index is 12.3. The number of imidazole rings is 1. The first-order valence-corrected chi connectivity index (χ1v) is 12.9. The number of esters is 1. The molecule has 0 aliphatic rings. The molecule has 1 amide bonds. The van der Waals surface area contributed by atoms with Crippen molar-refractivity contribution >= 4 is 11.9 Å². The van der Waals surface area contributed by atoms with Crippen molar-refractivity contribution < 1.29 is 14.3 Å². The summed E-state index contributed by atoms with van der Waals surface area (Å²) in [5, 5.41) is 2.73. The van der Waals surface area contributed by atoms with Crippen molar-refractivity contribution in [3.63, 3.8) is 0 Å². The van der Waals surface area contributed by atoms with Crippen LogP contribution in [0.4, 0.5) is 0 Å². The second-order valence-electron chi connectivity index (χ2n) is 8.62. The molecule has 186 valence electrons. The van der Waals surface area contributed by atoms with Crippen LogP contribution in [0.1, 0.15) is 103 Å². The largest absolute Gasteiger partial charge is 0.464 e. The van der Waals surface area contributed by atoms with Gasteiger partial charge in [-0.2, -0.15) is 0 Å². The Morgan fingerprint density at radius 2 is 1.64 bits per heavy atom. The molecular formula is C27H45N3O3. The molecule has 0 saturated heterocycles. The van der Waals surface area contributed by atoms with Gasteiger partial charge in [-0.1, -0.05) is 96.3 Å². The number of aromatic amines is 1. The monoisotopic (exact) mass is 459 g/mol. The van der Waals surface area contributed by atoms with Crippen LogP contribution < -0.4 is 5.32 Å². The number of rotatable bonds is 20. The fraction of sp³-hybridized carbons (Fsp3) is 0.667. The second-order valence-corrected chi connectivity index (χ2v) is 8.62. The van der Waals surface area contributed by atoms with Crippen LogP contribution in [0.25, 0.3) is 0 Å². The smallest absolute Gasteiger partial charge is 0.329 e. The molecule has 6 nitrogen and oxygen atoms in total. The Morgan fingerprint density at radius 3 is 2.24 bits per heavy atom. The molecule has 0 radical (unpaired) electrons. The van der Waals surface area contributed by atoms with Crippen LogP contribution in [-0.2, 0) is 20.7 Å². The molecule has 0 spiro atoms. The number of carbonyl (C=O) groups excluding carboxylic acids is 2. The van der Waals surface area contributed by atoms with Crippen LogP contribution in [0.3, 0.4) is 0 Å². The number of amides is 1. The first-order chi connectivity index (χ1) is 16.2. The Bertz CT molecular complexity index is 668. The summed E-state index contributed by atoms with van der Waals surface area (Å²) in [6.07, 6.45) is 27.2. The fourth-order valence-corrected chi connectivity index (χ4v) is 3.58. The van der Waals surface area contributed by atoms with Crippen molar-refractivity contribution in [1.82, 2.24) is 15.3 Å². The lowest BCUT2D eigenvalue weighted by Crippen LogP contribution is -2.42. The van der Waals surface area contributed by atoms with Gasteiger partial charge in [0.15, 0.2) is 0 Å². The first kappa shape index (κ1) is 28.7. The summed E-state index contributed by atoms with van der Waals surface area (Å²) in [6, 6.07) is -0.741. The molecule has 1 atom stereocenters. The molecule has 0 unspecified atom stereocenters. The van der Waals surface area contributed by atoms with Gasteiger partial charge in [-0.15, -0.1) is 0 Å². The van der Waals surface area contributed by atoms with Gasteiger partial charge in [0.1, 0.15) is 6.04 Å². The van der Waals surface area contributed by atoms with E-state index in [4.69, 9.17) is 4.74 Å². The standard InChI is InChI=1S/C27H45N3O3/c1-3-5-6-7-8-9-10-11-12-13-14-15-16-17-18-19-26(31)30-25(27(32)33-20-4-2)21-24-22-28-23-29-24/h16-19,22-23,25H,3-15,20-21H2,1-2H3,(H,28,29)(H,30,31)/t25-/m0/s1. The average molecular weight is 460 g/mol. The molecule has 1 aromatic rings. The Hall–Kier alpha value is -2.37. The summed E-state index contributed by atoms with van der Waals surface area (Å²) in [5.41, 5.74) is 0.768. The van der Waals surface area contributed by atoms with E-state index in [1.165, 1.54) is 76.7 Å². The Balaban J connectivity index is 2.17. The zero-order valence-corrected chi connectivity index (χ0v) is 20.8. The van der Waals surface area contributed by atoms with Crippen LogP contribution in [-0.4, -0.2) is 34.5 Å². The topological polar surface area (TPSA) is 84.1 Å². The lowest BCUT2D eigenvalue weighted by molar-refractivity contribution is -0.147. The summed E-state index contributed by atoms with van der Waals surface area (Å²) >= 11 is 0. The van der Waals surface area contributed by atoms with Gasteiger partial charge in [-0.05, 0) is 19.3 Å². The number of aromatic nitrogens is 2. The quantitative estimate of drug-likeness (QED) is 0.105. The molecule has 0 saturated carbocycles. The van der Waals surface area contributed by atoms with Crippen molar-refractivity contribution in [2.45, 2.75) is 110 Å². The van der Waals surface area contributed by atoms with Gasteiger partial charge >= 0.3 is 5.97 Å². The number of ether oxygens (including phenoxy) is 1. The zero-order valence-electron chi connectivity index (χ0n) is 20.8. The molecule has 0 fully saturated rings. The normalized spacial score (nSPS) is 12.4. The van der Waals surface area contributed by atoms with Crippen LogP contribution >= 0.6 is 0 Å². The van der Waals surface area contributed by atoms with Crippen LogP contribution in [0.5, 0.6) is 0 Å². The molecule has 0 bridgehead atoms. The second kappa shape index (κ2) is 20.3. The van der Waals surface area contributed by atoms with Gasteiger partial charge in [0, 0.05) is 24.4 Å². The number of H-pyrrole nitrogens is 1. The van der Waals surface area contributed by atoms with Gasteiger partial charge in [-0.25, -0.2) is 9.78 Å². The molecule has 1 rings (SSSR count). The van der Waals surface area contributed by atoms with Crippen molar-refractivity contribution in [2.75, 3.05) is 6.61 Å². The first-order valence-electron chi connectivity index (χ1n) is 12.9. The summed E-state index contributed by atoms with van der Waals surface area (Å²) < 4.78 is 5.21. The summed E-state index contributed by atoms with van der Waals surface area (Å²) in [6.45, 7) is 4.53. The average Bonchev–Trinajstić information content (AvgIpc) is 3.32. The van der Waals surface area contributed by atoms with E-state index in [9.17, 15) is 9.59 Å².